The van der Waals surface area contributed by atoms with Crippen LogP contribution in [0.3, 0.4) is 0 Å². The molecule has 2 aromatic carbocycles. The summed E-state index contributed by atoms with van der Waals surface area (Å²) in [6.07, 6.45) is 2.97. The van der Waals surface area contributed by atoms with Gasteiger partial charge in [0.15, 0.2) is 5.96 Å². The molecule has 0 atom stereocenters. The number of para-hydroxylation sites is 1. The van der Waals surface area contributed by atoms with E-state index in [2.05, 4.69) is 45.0 Å². The summed E-state index contributed by atoms with van der Waals surface area (Å²) in [5.74, 6) is 0.355. The van der Waals surface area contributed by atoms with E-state index in [1.165, 1.54) is 10.9 Å². The molecule has 1 amide bonds. The number of primary amides is 1. The fraction of sp³-hybridized carbons (Fsp3) is 0.238. The molecule has 0 unspecified atom stereocenters. The Balaban J connectivity index is 0.00000280. The van der Waals surface area contributed by atoms with Gasteiger partial charge in [-0.05, 0) is 42.7 Å². The van der Waals surface area contributed by atoms with Gasteiger partial charge in [-0.15, -0.1) is 24.0 Å². The van der Waals surface area contributed by atoms with Gasteiger partial charge in [-0.25, -0.2) is 4.99 Å². The molecule has 0 radical (unpaired) electrons. The van der Waals surface area contributed by atoms with Crippen LogP contribution in [0.1, 0.15) is 28.4 Å². The lowest BCUT2D eigenvalue weighted by molar-refractivity contribution is 0.100. The minimum Gasteiger partial charge on any atom is -0.366 e. The Morgan fingerprint density at radius 3 is 2.57 bits per heavy atom. The lowest BCUT2D eigenvalue weighted by Crippen LogP contribution is -2.38. The van der Waals surface area contributed by atoms with Crippen molar-refractivity contribution in [3.63, 3.8) is 0 Å². The number of nitrogens with zero attached hydrogens (tertiary/aromatic N) is 1. The Bertz CT molecular complexity index is 933. The smallest absolute Gasteiger partial charge is 0.248 e. The number of aliphatic imine (C=N–C) groups is 1. The molecule has 148 valence electrons. The van der Waals surface area contributed by atoms with Crippen LogP contribution < -0.4 is 16.4 Å². The average molecular weight is 491 g/mol. The Kier molecular flexibility index (Phi) is 8.31. The number of guanidine groups is 1. The third-order valence-corrected chi connectivity index (χ3v) is 4.36. The van der Waals surface area contributed by atoms with Crippen molar-refractivity contribution in [2.24, 2.45) is 10.7 Å². The SMILES string of the molecule is CCNC(=NCc1ccc(C(N)=O)cc1)NCCc1c[nH]c2ccccc12.I. The predicted octanol–water partition coefficient (Wildman–Crippen LogP) is 3.18. The maximum absolute atomic E-state index is 11.1. The summed E-state index contributed by atoms with van der Waals surface area (Å²) in [4.78, 5) is 19.0. The van der Waals surface area contributed by atoms with Gasteiger partial charge in [0.05, 0.1) is 6.54 Å². The maximum Gasteiger partial charge on any atom is 0.248 e. The van der Waals surface area contributed by atoms with E-state index in [1.807, 2.05) is 25.1 Å². The summed E-state index contributed by atoms with van der Waals surface area (Å²) >= 11 is 0. The second-order valence-corrected chi connectivity index (χ2v) is 6.29. The molecule has 3 aromatic rings. The van der Waals surface area contributed by atoms with Gasteiger partial charge in [0.2, 0.25) is 5.91 Å². The summed E-state index contributed by atoms with van der Waals surface area (Å²) in [7, 11) is 0. The number of H-pyrrole nitrogens is 1. The minimum absolute atomic E-state index is 0. The first-order chi connectivity index (χ1) is 13.2. The topological polar surface area (TPSA) is 95.3 Å². The number of carbonyl (C=O) groups excluding carboxylic acids is 1. The van der Waals surface area contributed by atoms with E-state index in [9.17, 15) is 4.79 Å². The molecule has 0 fully saturated rings. The van der Waals surface area contributed by atoms with E-state index in [0.717, 1.165) is 36.6 Å². The molecule has 3 rings (SSSR count). The van der Waals surface area contributed by atoms with Crippen LogP contribution in [0.25, 0.3) is 10.9 Å². The molecule has 7 heteroatoms. The maximum atomic E-state index is 11.1. The third-order valence-electron chi connectivity index (χ3n) is 4.36. The standard InChI is InChI=1S/C21H25N5O.HI/c1-2-23-21(26-13-15-7-9-16(10-8-15)20(22)27)24-12-11-17-14-25-19-6-4-3-5-18(17)19;/h3-10,14,25H,2,11-13H2,1H3,(H2,22,27)(H2,23,24,26);1H. The number of aromatic amines is 1. The van der Waals surface area contributed by atoms with Crippen molar-refractivity contribution in [1.82, 2.24) is 15.6 Å². The van der Waals surface area contributed by atoms with Crippen LogP contribution >= 0.6 is 24.0 Å². The molecule has 0 spiro atoms. The highest BCUT2D eigenvalue weighted by Gasteiger charge is 2.04. The average Bonchev–Trinajstić information content (AvgIpc) is 3.09. The van der Waals surface area contributed by atoms with Crippen molar-refractivity contribution in [3.05, 3.63) is 71.4 Å². The summed E-state index contributed by atoms with van der Waals surface area (Å²) in [6.45, 7) is 4.15. The van der Waals surface area contributed by atoms with Crippen LogP contribution in [0.4, 0.5) is 0 Å². The van der Waals surface area contributed by atoms with Crippen LogP contribution in [-0.4, -0.2) is 29.9 Å². The van der Waals surface area contributed by atoms with E-state index in [0.29, 0.717) is 12.1 Å². The highest BCUT2D eigenvalue weighted by Crippen LogP contribution is 2.17. The first kappa shape index (κ1) is 21.7. The molecule has 0 aliphatic heterocycles. The third kappa shape index (κ3) is 5.72. The number of hydrogen-bond donors (Lipinski definition) is 4. The quantitative estimate of drug-likeness (QED) is 0.232. The number of halogens is 1. The Morgan fingerprint density at radius 1 is 1.11 bits per heavy atom. The van der Waals surface area contributed by atoms with E-state index in [4.69, 9.17) is 5.73 Å². The Morgan fingerprint density at radius 2 is 1.86 bits per heavy atom. The Labute approximate surface area is 182 Å². The highest BCUT2D eigenvalue weighted by atomic mass is 127. The van der Waals surface area contributed by atoms with Crippen LogP contribution in [0.2, 0.25) is 0 Å². The van der Waals surface area contributed by atoms with E-state index in [1.54, 1.807) is 12.1 Å². The van der Waals surface area contributed by atoms with Crippen LogP contribution in [0, 0.1) is 0 Å². The highest BCUT2D eigenvalue weighted by molar-refractivity contribution is 14.0. The molecule has 28 heavy (non-hydrogen) atoms. The monoisotopic (exact) mass is 491 g/mol. The second-order valence-electron chi connectivity index (χ2n) is 6.29. The van der Waals surface area contributed by atoms with Gasteiger partial charge in [-0.2, -0.15) is 0 Å². The molecule has 6 nitrogen and oxygen atoms in total. The molecule has 1 heterocycles. The van der Waals surface area contributed by atoms with Crippen LogP contribution in [0.15, 0.2) is 59.7 Å². The lowest BCUT2D eigenvalue weighted by atomic mass is 10.1. The van der Waals surface area contributed by atoms with Crippen molar-refractivity contribution >= 4 is 46.7 Å². The van der Waals surface area contributed by atoms with E-state index < -0.39 is 5.91 Å². The summed E-state index contributed by atoms with van der Waals surface area (Å²) in [5.41, 5.74) is 9.24. The van der Waals surface area contributed by atoms with Gasteiger partial charge < -0.3 is 21.4 Å². The van der Waals surface area contributed by atoms with Gasteiger partial charge in [0.25, 0.3) is 0 Å². The molecule has 0 aliphatic rings. The van der Waals surface area contributed by atoms with Gasteiger partial charge in [-0.3, -0.25) is 4.79 Å². The van der Waals surface area contributed by atoms with Gasteiger partial charge in [0, 0.05) is 35.8 Å². The summed E-state index contributed by atoms with van der Waals surface area (Å²) < 4.78 is 0. The number of nitrogens with one attached hydrogen (secondary N) is 3. The zero-order valence-electron chi connectivity index (χ0n) is 15.9. The van der Waals surface area contributed by atoms with Crippen LogP contribution in [0.5, 0.6) is 0 Å². The fourth-order valence-corrected chi connectivity index (χ4v) is 2.94. The lowest BCUT2D eigenvalue weighted by Gasteiger charge is -2.11. The van der Waals surface area contributed by atoms with E-state index in [-0.39, 0.29) is 24.0 Å². The molecule has 0 saturated carbocycles. The van der Waals surface area contributed by atoms with Gasteiger partial charge in [0.1, 0.15) is 0 Å². The number of benzene rings is 2. The first-order valence-electron chi connectivity index (χ1n) is 9.13. The summed E-state index contributed by atoms with van der Waals surface area (Å²) in [5, 5.41) is 7.89. The molecule has 0 aliphatic carbocycles. The van der Waals surface area contributed by atoms with E-state index >= 15 is 0 Å². The van der Waals surface area contributed by atoms with Crippen molar-refractivity contribution in [3.8, 4) is 0 Å². The zero-order valence-corrected chi connectivity index (χ0v) is 18.2. The molecular formula is C21H26IN5O. The fourth-order valence-electron chi connectivity index (χ4n) is 2.94. The van der Waals surface area contributed by atoms with Crippen molar-refractivity contribution < 1.29 is 4.79 Å². The van der Waals surface area contributed by atoms with Gasteiger partial charge in [-0.1, -0.05) is 30.3 Å². The largest absolute Gasteiger partial charge is 0.366 e. The molecule has 1 aromatic heterocycles. The minimum atomic E-state index is -0.419. The normalized spacial score (nSPS) is 11.1. The summed E-state index contributed by atoms with van der Waals surface area (Å²) in [6, 6.07) is 15.5. The number of amides is 1. The molecular weight excluding hydrogens is 465 g/mol. The number of rotatable bonds is 7. The van der Waals surface area contributed by atoms with Crippen molar-refractivity contribution in [1.29, 1.82) is 0 Å². The zero-order chi connectivity index (χ0) is 19.1. The van der Waals surface area contributed by atoms with Crippen molar-refractivity contribution in [2.45, 2.75) is 19.9 Å². The number of nitrogens with two attached hydrogens (primary N) is 1. The molecule has 0 saturated heterocycles. The van der Waals surface area contributed by atoms with Crippen LogP contribution in [-0.2, 0) is 13.0 Å². The number of fused-ring (bicyclic) bond motifs is 1. The molecule has 5 N–H and O–H groups in total. The Hall–Kier alpha value is -2.55. The molecule has 0 bridgehead atoms. The number of hydrogen-bond acceptors (Lipinski definition) is 2. The van der Waals surface area contributed by atoms with Gasteiger partial charge >= 0.3 is 0 Å². The predicted molar refractivity (Wildman–Crippen MR) is 125 cm³/mol. The first-order valence-corrected chi connectivity index (χ1v) is 9.13. The van der Waals surface area contributed by atoms with Crippen molar-refractivity contribution in [2.75, 3.05) is 13.1 Å². The second kappa shape index (κ2) is 10.7. The number of aromatic nitrogens is 1. The number of carbonyl (C=O) groups is 1.